The molecular formula is C20H24N2O5S. The topological polar surface area (TPSA) is 84.9 Å². The maximum atomic E-state index is 12.4. The number of amides is 2. The van der Waals surface area contributed by atoms with Crippen molar-refractivity contribution in [3.63, 3.8) is 0 Å². The molecule has 1 N–H and O–H groups in total. The minimum atomic E-state index is -0.580. The number of carbonyl (C=O) groups excluding carboxylic acids is 3. The van der Waals surface area contributed by atoms with Crippen LogP contribution in [-0.4, -0.2) is 50.0 Å². The number of thiophene rings is 1. The Morgan fingerprint density at radius 3 is 2.50 bits per heavy atom. The van der Waals surface area contributed by atoms with Crippen molar-refractivity contribution in [1.29, 1.82) is 0 Å². The van der Waals surface area contributed by atoms with Crippen LogP contribution in [0.15, 0.2) is 24.3 Å². The summed E-state index contributed by atoms with van der Waals surface area (Å²) in [6, 6.07) is 7.34. The van der Waals surface area contributed by atoms with Gasteiger partial charge in [0.1, 0.15) is 10.8 Å². The summed E-state index contributed by atoms with van der Waals surface area (Å²) in [6.45, 7) is 5.25. The van der Waals surface area contributed by atoms with Crippen molar-refractivity contribution in [3.8, 4) is 5.75 Å². The van der Waals surface area contributed by atoms with E-state index in [2.05, 4.69) is 5.32 Å². The first kappa shape index (κ1) is 21.4. The van der Waals surface area contributed by atoms with Crippen LogP contribution in [0.3, 0.4) is 0 Å². The van der Waals surface area contributed by atoms with Gasteiger partial charge in [0.2, 0.25) is 0 Å². The normalized spacial score (nSPS) is 10.3. The molecule has 7 nitrogen and oxygen atoms in total. The summed E-state index contributed by atoms with van der Waals surface area (Å²) in [7, 11) is 3.25. The van der Waals surface area contributed by atoms with E-state index in [-0.39, 0.29) is 29.7 Å². The second kappa shape index (κ2) is 9.36. The monoisotopic (exact) mass is 404 g/mol. The van der Waals surface area contributed by atoms with Crippen molar-refractivity contribution in [2.75, 3.05) is 32.6 Å². The highest BCUT2D eigenvalue weighted by Gasteiger charge is 2.27. The predicted octanol–water partition coefficient (Wildman–Crippen LogP) is 3.26. The maximum Gasteiger partial charge on any atom is 0.341 e. The molecule has 150 valence electrons. The highest BCUT2D eigenvalue weighted by molar-refractivity contribution is 7.18. The quantitative estimate of drug-likeness (QED) is 0.716. The molecule has 0 spiro atoms. The average Bonchev–Trinajstić information content (AvgIpc) is 2.95. The van der Waals surface area contributed by atoms with Crippen LogP contribution in [0.1, 0.15) is 38.1 Å². The molecule has 1 heterocycles. The fourth-order valence-electron chi connectivity index (χ4n) is 2.47. The first-order valence-corrected chi connectivity index (χ1v) is 9.57. The van der Waals surface area contributed by atoms with Crippen molar-refractivity contribution in [3.05, 3.63) is 45.8 Å². The van der Waals surface area contributed by atoms with Gasteiger partial charge in [-0.1, -0.05) is 12.1 Å². The van der Waals surface area contributed by atoms with E-state index in [0.29, 0.717) is 16.2 Å². The van der Waals surface area contributed by atoms with E-state index in [4.69, 9.17) is 9.47 Å². The molecule has 0 aliphatic heterocycles. The average molecular weight is 404 g/mol. The number of ether oxygens (including phenoxy) is 2. The molecule has 0 atom stereocenters. The lowest BCUT2D eigenvalue weighted by Gasteiger charge is -2.09. The van der Waals surface area contributed by atoms with Gasteiger partial charge in [0.05, 0.1) is 17.0 Å². The molecule has 8 heteroatoms. The van der Waals surface area contributed by atoms with Crippen LogP contribution in [0.4, 0.5) is 5.00 Å². The van der Waals surface area contributed by atoms with Gasteiger partial charge in [-0.05, 0) is 44.0 Å². The van der Waals surface area contributed by atoms with E-state index < -0.39 is 11.9 Å². The number of esters is 1. The number of hydrogen-bond donors (Lipinski definition) is 1. The Kier molecular flexibility index (Phi) is 7.17. The Labute approximate surface area is 168 Å². The van der Waals surface area contributed by atoms with Crippen LogP contribution in [0.2, 0.25) is 0 Å². The van der Waals surface area contributed by atoms with Crippen molar-refractivity contribution >= 4 is 34.1 Å². The van der Waals surface area contributed by atoms with Gasteiger partial charge in [0, 0.05) is 14.1 Å². The minimum absolute atomic E-state index is 0.189. The predicted molar refractivity (Wildman–Crippen MR) is 108 cm³/mol. The van der Waals surface area contributed by atoms with Crippen LogP contribution >= 0.6 is 11.3 Å². The van der Waals surface area contributed by atoms with Crippen LogP contribution in [0.25, 0.3) is 0 Å². The van der Waals surface area contributed by atoms with Crippen LogP contribution in [-0.2, 0) is 9.53 Å². The van der Waals surface area contributed by atoms with Gasteiger partial charge in [0.15, 0.2) is 6.61 Å². The fourth-order valence-corrected chi connectivity index (χ4v) is 3.71. The smallest absolute Gasteiger partial charge is 0.341 e. The van der Waals surface area contributed by atoms with Crippen molar-refractivity contribution in [2.45, 2.75) is 20.8 Å². The van der Waals surface area contributed by atoms with Crippen LogP contribution < -0.4 is 10.1 Å². The van der Waals surface area contributed by atoms with Crippen molar-refractivity contribution in [1.82, 2.24) is 4.90 Å². The molecule has 0 radical (unpaired) electrons. The van der Waals surface area contributed by atoms with Gasteiger partial charge in [-0.3, -0.25) is 9.59 Å². The zero-order valence-electron chi connectivity index (χ0n) is 16.6. The first-order chi connectivity index (χ1) is 13.2. The lowest BCUT2D eigenvalue weighted by Crippen LogP contribution is -2.21. The second-order valence-electron chi connectivity index (χ2n) is 6.33. The lowest BCUT2D eigenvalue weighted by molar-refractivity contribution is -0.118. The summed E-state index contributed by atoms with van der Waals surface area (Å²) in [5.41, 5.74) is 1.70. The molecule has 1 aromatic heterocycles. The third-order valence-corrected chi connectivity index (χ3v) is 5.03. The molecule has 0 fully saturated rings. The van der Waals surface area contributed by atoms with Crippen LogP contribution in [0, 0.1) is 13.8 Å². The summed E-state index contributed by atoms with van der Waals surface area (Å²) in [6.07, 6.45) is 0. The van der Waals surface area contributed by atoms with Gasteiger partial charge in [0.25, 0.3) is 11.8 Å². The Hall–Kier alpha value is -2.87. The van der Waals surface area contributed by atoms with Gasteiger partial charge in [-0.15, -0.1) is 11.3 Å². The summed E-state index contributed by atoms with van der Waals surface area (Å²) >= 11 is 1.05. The third kappa shape index (κ3) is 5.10. The molecule has 2 amide bonds. The molecular weight excluding hydrogens is 380 g/mol. The maximum absolute atomic E-state index is 12.4. The van der Waals surface area contributed by atoms with E-state index >= 15 is 0 Å². The SMILES string of the molecule is CCOC(=O)c1c(NC(=O)COc2cccc(C)c2)sc(C(=O)N(C)C)c1C. The molecule has 0 unspecified atom stereocenters. The number of rotatable bonds is 7. The van der Waals surface area contributed by atoms with E-state index in [1.54, 1.807) is 34.0 Å². The number of anilines is 1. The standard InChI is InChI=1S/C20H24N2O5S/c1-6-26-20(25)16-13(3)17(19(24)22(4)5)28-18(16)21-15(23)11-27-14-9-7-8-12(2)10-14/h7-10H,6,11H2,1-5H3,(H,21,23). The molecule has 0 bridgehead atoms. The van der Waals surface area contributed by atoms with E-state index in [0.717, 1.165) is 16.9 Å². The Bertz CT molecular complexity index is 889. The zero-order valence-corrected chi connectivity index (χ0v) is 17.4. The summed E-state index contributed by atoms with van der Waals surface area (Å²) < 4.78 is 10.6. The van der Waals surface area contributed by atoms with E-state index in [1.165, 1.54) is 4.90 Å². The van der Waals surface area contributed by atoms with E-state index in [9.17, 15) is 14.4 Å². The third-order valence-electron chi connectivity index (χ3n) is 3.84. The number of carbonyl (C=O) groups is 3. The zero-order chi connectivity index (χ0) is 20.8. The summed E-state index contributed by atoms with van der Waals surface area (Å²) in [5.74, 6) is -0.683. The Morgan fingerprint density at radius 2 is 1.89 bits per heavy atom. The Morgan fingerprint density at radius 1 is 1.18 bits per heavy atom. The molecule has 2 rings (SSSR count). The molecule has 0 aliphatic carbocycles. The molecule has 0 aliphatic rings. The van der Waals surface area contributed by atoms with E-state index in [1.807, 2.05) is 25.1 Å². The highest BCUT2D eigenvalue weighted by Crippen LogP contribution is 2.34. The number of aryl methyl sites for hydroxylation is 1. The van der Waals surface area contributed by atoms with Crippen LogP contribution in [0.5, 0.6) is 5.75 Å². The molecule has 2 aromatic rings. The number of hydrogen-bond acceptors (Lipinski definition) is 6. The van der Waals surface area contributed by atoms with Crippen molar-refractivity contribution < 1.29 is 23.9 Å². The molecule has 0 saturated heterocycles. The molecule has 0 saturated carbocycles. The van der Waals surface area contributed by atoms with Gasteiger partial charge in [-0.25, -0.2) is 4.79 Å². The van der Waals surface area contributed by atoms with Gasteiger partial charge < -0.3 is 19.7 Å². The number of benzene rings is 1. The minimum Gasteiger partial charge on any atom is -0.484 e. The van der Waals surface area contributed by atoms with Crippen molar-refractivity contribution in [2.24, 2.45) is 0 Å². The second-order valence-corrected chi connectivity index (χ2v) is 7.35. The fraction of sp³-hybridized carbons (Fsp3) is 0.350. The summed E-state index contributed by atoms with van der Waals surface area (Å²) in [5, 5.41) is 2.95. The number of nitrogens with one attached hydrogen (secondary N) is 1. The summed E-state index contributed by atoms with van der Waals surface area (Å²) in [4.78, 5) is 38.9. The molecule has 1 aromatic carbocycles. The van der Waals surface area contributed by atoms with Gasteiger partial charge in [-0.2, -0.15) is 0 Å². The largest absolute Gasteiger partial charge is 0.484 e. The lowest BCUT2D eigenvalue weighted by atomic mass is 10.1. The molecule has 28 heavy (non-hydrogen) atoms. The number of nitrogens with zero attached hydrogens (tertiary/aromatic N) is 1. The van der Waals surface area contributed by atoms with Gasteiger partial charge >= 0.3 is 5.97 Å². The highest BCUT2D eigenvalue weighted by atomic mass is 32.1. The Balaban J connectivity index is 2.22. The first-order valence-electron chi connectivity index (χ1n) is 8.76.